The molecule has 0 heterocycles. The third-order valence-corrected chi connectivity index (χ3v) is 5.05. The maximum absolute atomic E-state index is 3.88. The van der Waals surface area contributed by atoms with E-state index in [1.807, 2.05) is 0 Å². The van der Waals surface area contributed by atoms with Gasteiger partial charge in [-0.1, -0.05) is 33.6 Å². The Morgan fingerprint density at radius 1 is 1.12 bits per heavy atom. The zero-order valence-corrected chi connectivity index (χ0v) is 12.0. The minimum Gasteiger partial charge on any atom is -0.313 e. The lowest BCUT2D eigenvalue weighted by molar-refractivity contribution is 0.172. The molecule has 1 heteroatoms. The second-order valence-corrected chi connectivity index (χ2v) is 6.71. The Hall–Kier alpha value is -0.0400. The monoisotopic (exact) mass is 237 g/mol. The lowest BCUT2D eigenvalue weighted by atomic mass is 9.74. The molecule has 0 spiro atoms. The zero-order chi connectivity index (χ0) is 12.3. The van der Waals surface area contributed by atoms with Crippen molar-refractivity contribution in [3.8, 4) is 0 Å². The fourth-order valence-electron chi connectivity index (χ4n) is 3.82. The van der Waals surface area contributed by atoms with Gasteiger partial charge in [-0.25, -0.2) is 0 Å². The lowest BCUT2D eigenvalue weighted by Crippen LogP contribution is -2.44. The first-order valence-corrected chi connectivity index (χ1v) is 7.95. The third-order valence-electron chi connectivity index (χ3n) is 5.05. The molecule has 4 unspecified atom stereocenters. The van der Waals surface area contributed by atoms with Gasteiger partial charge in [-0.15, -0.1) is 0 Å². The van der Waals surface area contributed by atoms with Crippen LogP contribution in [0.15, 0.2) is 0 Å². The Bertz CT molecular complexity index is 222. The second kappa shape index (κ2) is 6.22. The average Bonchev–Trinajstić information content (AvgIpc) is 3.13. The summed E-state index contributed by atoms with van der Waals surface area (Å²) in [6.07, 6.45) is 10.1. The minimum atomic E-state index is 0.810. The van der Waals surface area contributed by atoms with Gasteiger partial charge in [0.2, 0.25) is 0 Å². The van der Waals surface area contributed by atoms with Gasteiger partial charge in [0.05, 0.1) is 0 Å². The zero-order valence-electron chi connectivity index (χ0n) is 12.0. The van der Waals surface area contributed by atoms with Crippen molar-refractivity contribution in [2.45, 2.75) is 71.8 Å². The van der Waals surface area contributed by atoms with Gasteiger partial charge in [-0.3, -0.25) is 0 Å². The highest BCUT2D eigenvalue weighted by Gasteiger charge is 2.37. The summed E-state index contributed by atoms with van der Waals surface area (Å²) >= 11 is 0. The maximum atomic E-state index is 3.88. The van der Waals surface area contributed by atoms with Crippen LogP contribution in [0.4, 0.5) is 0 Å². The lowest BCUT2D eigenvalue weighted by Gasteiger charge is -2.37. The first kappa shape index (κ1) is 13.4. The fraction of sp³-hybridized carbons (Fsp3) is 1.00. The molecule has 100 valence electrons. The van der Waals surface area contributed by atoms with Gasteiger partial charge in [-0.05, 0) is 62.3 Å². The van der Waals surface area contributed by atoms with Crippen LogP contribution < -0.4 is 5.32 Å². The van der Waals surface area contributed by atoms with Crippen LogP contribution in [0.3, 0.4) is 0 Å². The average molecular weight is 237 g/mol. The predicted octanol–water partition coefficient (Wildman–Crippen LogP) is 4.23. The molecule has 0 radical (unpaired) electrons. The number of hydrogen-bond donors (Lipinski definition) is 1. The van der Waals surface area contributed by atoms with Crippen LogP contribution in [-0.4, -0.2) is 12.6 Å². The van der Waals surface area contributed by atoms with E-state index in [4.69, 9.17) is 0 Å². The molecule has 2 fully saturated rings. The molecule has 0 aromatic rings. The van der Waals surface area contributed by atoms with Crippen molar-refractivity contribution in [1.29, 1.82) is 0 Å². The number of nitrogens with one attached hydrogen (secondary N) is 1. The third kappa shape index (κ3) is 3.71. The molecule has 0 amide bonds. The Balaban J connectivity index is 1.92. The van der Waals surface area contributed by atoms with E-state index in [0.29, 0.717) is 0 Å². The quantitative estimate of drug-likeness (QED) is 0.729. The highest BCUT2D eigenvalue weighted by atomic mass is 14.9. The predicted molar refractivity (Wildman–Crippen MR) is 75.1 cm³/mol. The summed E-state index contributed by atoms with van der Waals surface area (Å²) in [7, 11) is 0. The molecule has 2 rings (SSSR count). The van der Waals surface area contributed by atoms with E-state index in [0.717, 1.165) is 29.7 Å². The summed E-state index contributed by atoms with van der Waals surface area (Å²) in [5.41, 5.74) is 0. The largest absolute Gasteiger partial charge is 0.313 e. The first-order chi connectivity index (χ1) is 8.22. The van der Waals surface area contributed by atoms with Crippen LogP contribution in [0.5, 0.6) is 0 Å². The Labute approximate surface area is 108 Å². The SMILES string of the molecule is CCCNC(C1CCCC(C)C1)C(C)C1CC1. The first-order valence-electron chi connectivity index (χ1n) is 7.95. The minimum absolute atomic E-state index is 0.810. The summed E-state index contributed by atoms with van der Waals surface area (Å²) in [6, 6.07) is 0.810. The van der Waals surface area contributed by atoms with E-state index in [1.54, 1.807) is 0 Å². The van der Waals surface area contributed by atoms with Crippen molar-refractivity contribution in [1.82, 2.24) is 5.32 Å². The maximum Gasteiger partial charge on any atom is 0.0124 e. The molecule has 2 aliphatic carbocycles. The molecular weight excluding hydrogens is 206 g/mol. The van der Waals surface area contributed by atoms with Crippen LogP contribution in [-0.2, 0) is 0 Å². The van der Waals surface area contributed by atoms with Gasteiger partial charge in [0, 0.05) is 6.04 Å². The molecule has 2 aliphatic rings. The van der Waals surface area contributed by atoms with E-state index < -0.39 is 0 Å². The van der Waals surface area contributed by atoms with E-state index in [2.05, 4.69) is 26.1 Å². The van der Waals surface area contributed by atoms with Crippen molar-refractivity contribution in [2.75, 3.05) is 6.54 Å². The van der Waals surface area contributed by atoms with Crippen LogP contribution in [0.1, 0.15) is 65.7 Å². The molecule has 1 N–H and O–H groups in total. The van der Waals surface area contributed by atoms with Gasteiger partial charge in [0.1, 0.15) is 0 Å². The standard InChI is InChI=1S/C16H31N/c1-4-10-17-16(13(3)14-8-9-14)15-7-5-6-12(2)11-15/h12-17H,4-11H2,1-3H3. The Morgan fingerprint density at radius 3 is 2.47 bits per heavy atom. The summed E-state index contributed by atoms with van der Waals surface area (Å²) in [5.74, 6) is 3.88. The number of rotatable bonds is 6. The van der Waals surface area contributed by atoms with Crippen molar-refractivity contribution < 1.29 is 0 Å². The number of hydrogen-bond acceptors (Lipinski definition) is 1. The molecule has 0 bridgehead atoms. The molecule has 0 aromatic heterocycles. The summed E-state index contributed by atoms with van der Waals surface area (Å²) in [4.78, 5) is 0. The molecule has 0 aliphatic heterocycles. The summed E-state index contributed by atoms with van der Waals surface area (Å²) in [6.45, 7) is 8.46. The Morgan fingerprint density at radius 2 is 1.88 bits per heavy atom. The van der Waals surface area contributed by atoms with Gasteiger partial charge >= 0.3 is 0 Å². The van der Waals surface area contributed by atoms with Crippen LogP contribution in [0, 0.1) is 23.7 Å². The molecule has 0 saturated heterocycles. The van der Waals surface area contributed by atoms with Gasteiger partial charge in [-0.2, -0.15) is 0 Å². The molecule has 0 aromatic carbocycles. The molecule has 4 atom stereocenters. The van der Waals surface area contributed by atoms with E-state index in [-0.39, 0.29) is 0 Å². The van der Waals surface area contributed by atoms with Crippen molar-refractivity contribution in [3.05, 3.63) is 0 Å². The second-order valence-electron chi connectivity index (χ2n) is 6.71. The van der Waals surface area contributed by atoms with Crippen LogP contribution >= 0.6 is 0 Å². The van der Waals surface area contributed by atoms with E-state index in [9.17, 15) is 0 Å². The highest BCUT2D eigenvalue weighted by molar-refractivity contribution is 4.91. The molecular formula is C16H31N. The van der Waals surface area contributed by atoms with Crippen molar-refractivity contribution in [2.24, 2.45) is 23.7 Å². The van der Waals surface area contributed by atoms with Crippen molar-refractivity contribution in [3.63, 3.8) is 0 Å². The normalized spacial score (nSPS) is 33.4. The van der Waals surface area contributed by atoms with E-state index in [1.165, 1.54) is 51.5 Å². The van der Waals surface area contributed by atoms with Gasteiger partial charge in [0.15, 0.2) is 0 Å². The topological polar surface area (TPSA) is 12.0 Å². The molecule has 1 nitrogen and oxygen atoms in total. The van der Waals surface area contributed by atoms with Crippen molar-refractivity contribution >= 4 is 0 Å². The molecule has 17 heavy (non-hydrogen) atoms. The summed E-state index contributed by atoms with van der Waals surface area (Å²) < 4.78 is 0. The highest BCUT2D eigenvalue weighted by Crippen LogP contribution is 2.42. The van der Waals surface area contributed by atoms with Gasteiger partial charge in [0.25, 0.3) is 0 Å². The van der Waals surface area contributed by atoms with Gasteiger partial charge < -0.3 is 5.32 Å². The van der Waals surface area contributed by atoms with E-state index >= 15 is 0 Å². The summed E-state index contributed by atoms with van der Waals surface area (Å²) in [5, 5.41) is 3.88. The Kier molecular flexibility index (Phi) is 4.90. The van der Waals surface area contributed by atoms with Crippen LogP contribution in [0.2, 0.25) is 0 Å². The smallest absolute Gasteiger partial charge is 0.0124 e. The van der Waals surface area contributed by atoms with Crippen LogP contribution in [0.25, 0.3) is 0 Å². The fourth-order valence-corrected chi connectivity index (χ4v) is 3.82. The molecule has 2 saturated carbocycles.